The monoisotopic (exact) mass is 422 g/mol. The van der Waals surface area contributed by atoms with E-state index in [1.165, 1.54) is 93.4 Å². The highest BCUT2D eigenvalue weighted by Crippen LogP contribution is 2.32. The second-order valence-corrected chi connectivity index (χ2v) is 9.08. The van der Waals surface area contributed by atoms with Crippen molar-refractivity contribution in [3.8, 4) is 5.75 Å². The summed E-state index contributed by atoms with van der Waals surface area (Å²) in [5, 5.41) is 2.40. The molecule has 1 aromatic heterocycles. The third kappa shape index (κ3) is 7.59. The van der Waals surface area contributed by atoms with Crippen molar-refractivity contribution in [1.82, 2.24) is 0 Å². The molecule has 170 valence electrons. The van der Waals surface area contributed by atoms with Gasteiger partial charge in [-0.1, -0.05) is 90.5 Å². The van der Waals surface area contributed by atoms with Crippen LogP contribution in [0.4, 0.5) is 0 Å². The number of hydrogen-bond donors (Lipinski definition) is 0. The lowest BCUT2D eigenvalue weighted by Gasteiger charge is -2.06. The zero-order valence-corrected chi connectivity index (χ0v) is 19.9. The fraction of sp³-hybridized carbons (Fsp3) is 0.586. The first-order chi connectivity index (χ1) is 15.3. The summed E-state index contributed by atoms with van der Waals surface area (Å²) in [6.45, 7) is 5.34. The van der Waals surface area contributed by atoms with Crippen molar-refractivity contribution in [3.05, 3.63) is 42.0 Å². The Labute approximate surface area is 189 Å². The van der Waals surface area contributed by atoms with Gasteiger partial charge in [0.25, 0.3) is 0 Å². The molecule has 0 spiro atoms. The first kappa shape index (κ1) is 23.7. The predicted octanol–water partition coefficient (Wildman–Crippen LogP) is 9.62. The van der Waals surface area contributed by atoms with Crippen LogP contribution < -0.4 is 4.74 Å². The van der Waals surface area contributed by atoms with E-state index < -0.39 is 0 Å². The van der Waals surface area contributed by atoms with Crippen LogP contribution in [0.3, 0.4) is 0 Å². The van der Waals surface area contributed by atoms with Crippen LogP contribution in [-0.4, -0.2) is 6.61 Å². The third-order valence-electron chi connectivity index (χ3n) is 6.34. The number of unbranched alkanes of at least 4 members (excludes halogenated alkanes) is 11. The molecule has 0 aliphatic rings. The van der Waals surface area contributed by atoms with Crippen LogP contribution in [0.2, 0.25) is 0 Å². The maximum Gasteiger partial charge on any atom is 0.135 e. The Kier molecular flexibility index (Phi) is 10.3. The number of furan rings is 1. The van der Waals surface area contributed by atoms with E-state index in [2.05, 4.69) is 44.2 Å². The summed E-state index contributed by atoms with van der Waals surface area (Å²) in [6.07, 6.45) is 18.4. The number of rotatable bonds is 16. The molecule has 0 atom stereocenters. The van der Waals surface area contributed by atoms with Gasteiger partial charge in [0.1, 0.15) is 16.9 Å². The molecule has 31 heavy (non-hydrogen) atoms. The number of aryl methyl sites for hydroxylation is 1. The summed E-state index contributed by atoms with van der Waals surface area (Å²) in [4.78, 5) is 0. The van der Waals surface area contributed by atoms with E-state index in [0.29, 0.717) is 0 Å². The van der Waals surface area contributed by atoms with Crippen molar-refractivity contribution in [2.75, 3.05) is 6.61 Å². The molecule has 0 bridgehead atoms. The highest BCUT2D eigenvalue weighted by Gasteiger charge is 2.09. The first-order valence-electron chi connectivity index (χ1n) is 12.9. The van der Waals surface area contributed by atoms with Gasteiger partial charge in [0, 0.05) is 10.8 Å². The highest BCUT2D eigenvalue weighted by atomic mass is 16.5. The molecule has 0 aliphatic carbocycles. The van der Waals surface area contributed by atoms with Crippen LogP contribution >= 0.6 is 0 Å². The Morgan fingerprint density at radius 1 is 0.613 bits per heavy atom. The summed E-state index contributed by atoms with van der Waals surface area (Å²) in [6, 6.07) is 13.0. The standard InChI is InChI=1S/C29H42O2/c1-3-5-7-9-11-12-14-16-24-17-19-28-26(22-24)27-23-25(18-20-29(27)31-28)30-21-15-13-10-8-6-4-2/h17-20,22-23H,3-16,21H2,1-2H3. The van der Waals surface area contributed by atoms with Gasteiger partial charge in [0.2, 0.25) is 0 Å². The van der Waals surface area contributed by atoms with Crippen LogP contribution in [0, 0.1) is 0 Å². The summed E-state index contributed by atoms with van der Waals surface area (Å²) >= 11 is 0. The SMILES string of the molecule is CCCCCCCCCc1ccc2oc3ccc(OCCCCCCCC)cc3c2c1. The molecule has 0 saturated heterocycles. The second-order valence-electron chi connectivity index (χ2n) is 9.08. The van der Waals surface area contributed by atoms with Crippen LogP contribution in [-0.2, 0) is 6.42 Å². The van der Waals surface area contributed by atoms with Gasteiger partial charge in [-0.2, -0.15) is 0 Å². The highest BCUT2D eigenvalue weighted by molar-refractivity contribution is 6.05. The molecule has 0 fully saturated rings. The van der Waals surface area contributed by atoms with Crippen molar-refractivity contribution in [2.24, 2.45) is 0 Å². The van der Waals surface area contributed by atoms with Crippen molar-refractivity contribution < 1.29 is 9.15 Å². The molecule has 0 aliphatic heterocycles. The van der Waals surface area contributed by atoms with Gasteiger partial charge in [0.15, 0.2) is 0 Å². The third-order valence-corrected chi connectivity index (χ3v) is 6.34. The van der Waals surface area contributed by atoms with Gasteiger partial charge in [-0.25, -0.2) is 0 Å². The van der Waals surface area contributed by atoms with Gasteiger partial charge < -0.3 is 9.15 Å². The maximum absolute atomic E-state index is 6.07. The predicted molar refractivity (Wildman–Crippen MR) is 134 cm³/mol. The van der Waals surface area contributed by atoms with Crippen LogP contribution in [0.5, 0.6) is 5.75 Å². The minimum Gasteiger partial charge on any atom is -0.494 e. The van der Waals surface area contributed by atoms with Gasteiger partial charge in [-0.3, -0.25) is 0 Å². The second kappa shape index (κ2) is 13.5. The molecule has 0 unspecified atom stereocenters. The van der Waals surface area contributed by atoms with Gasteiger partial charge in [0.05, 0.1) is 6.61 Å². The maximum atomic E-state index is 6.07. The summed E-state index contributed by atoms with van der Waals surface area (Å²) in [5.41, 5.74) is 3.35. The Balaban J connectivity index is 1.53. The Morgan fingerprint density at radius 3 is 1.90 bits per heavy atom. The van der Waals surface area contributed by atoms with Gasteiger partial charge >= 0.3 is 0 Å². The Hall–Kier alpha value is -1.96. The molecular formula is C29H42O2. The number of benzene rings is 2. The zero-order valence-electron chi connectivity index (χ0n) is 19.9. The van der Waals surface area contributed by atoms with E-state index in [-0.39, 0.29) is 0 Å². The van der Waals surface area contributed by atoms with E-state index in [1.54, 1.807) is 0 Å². The molecule has 0 saturated carbocycles. The number of ether oxygens (including phenoxy) is 1. The Bertz CT molecular complexity index is 820. The summed E-state index contributed by atoms with van der Waals surface area (Å²) in [7, 11) is 0. The average molecular weight is 423 g/mol. The summed E-state index contributed by atoms with van der Waals surface area (Å²) < 4.78 is 12.1. The molecule has 1 heterocycles. The van der Waals surface area contributed by atoms with Crippen molar-refractivity contribution in [1.29, 1.82) is 0 Å². The van der Waals surface area contributed by atoms with E-state index in [0.717, 1.165) is 36.4 Å². The number of fused-ring (bicyclic) bond motifs is 3. The smallest absolute Gasteiger partial charge is 0.135 e. The van der Waals surface area contributed by atoms with Crippen molar-refractivity contribution >= 4 is 21.9 Å². The molecule has 2 heteroatoms. The number of hydrogen-bond acceptors (Lipinski definition) is 2. The van der Waals surface area contributed by atoms with Crippen molar-refractivity contribution in [3.63, 3.8) is 0 Å². The minimum absolute atomic E-state index is 0.803. The van der Waals surface area contributed by atoms with Gasteiger partial charge in [-0.15, -0.1) is 0 Å². The fourth-order valence-corrected chi connectivity index (χ4v) is 4.41. The van der Waals surface area contributed by atoms with Crippen molar-refractivity contribution in [2.45, 2.75) is 104 Å². The zero-order chi connectivity index (χ0) is 21.7. The van der Waals surface area contributed by atoms with Gasteiger partial charge in [-0.05, 0) is 55.2 Å². The normalized spacial score (nSPS) is 11.5. The Morgan fingerprint density at radius 2 is 1.19 bits per heavy atom. The quantitative estimate of drug-likeness (QED) is 0.214. The molecule has 3 rings (SSSR count). The molecule has 0 radical (unpaired) electrons. The van der Waals surface area contributed by atoms with E-state index in [4.69, 9.17) is 9.15 Å². The molecule has 3 aromatic rings. The molecule has 2 aromatic carbocycles. The van der Waals surface area contributed by atoms with E-state index in [9.17, 15) is 0 Å². The lowest BCUT2D eigenvalue weighted by molar-refractivity contribution is 0.304. The molecule has 0 N–H and O–H groups in total. The largest absolute Gasteiger partial charge is 0.494 e. The lowest BCUT2D eigenvalue weighted by Crippen LogP contribution is -1.97. The van der Waals surface area contributed by atoms with Crippen LogP contribution in [0.25, 0.3) is 21.9 Å². The van der Waals surface area contributed by atoms with Crippen LogP contribution in [0.15, 0.2) is 40.8 Å². The fourth-order valence-electron chi connectivity index (χ4n) is 4.41. The minimum atomic E-state index is 0.803. The van der Waals surface area contributed by atoms with Crippen LogP contribution in [0.1, 0.15) is 103 Å². The summed E-state index contributed by atoms with van der Waals surface area (Å²) in [5.74, 6) is 0.959. The van der Waals surface area contributed by atoms with E-state index >= 15 is 0 Å². The molecular weight excluding hydrogens is 380 g/mol. The molecule has 2 nitrogen and oxygen atoms in total. The first-order valence-corrected chi connectivity index (χ1v) is 12.9. The molecule has 0 amide bonds. The van der Waals surface area contributed by atoms with E-state index in [1.807, 2.05) is 6.07 Å². The topological polar surface area (TPSA) is 22.4 Å². The lowest BCUT2D eigenvalue weighted by atomic mass is 10.0. The average Bonchev–Trinajstić information content (AvgIpc) is 3.15.